The SMILES string of the molecule is C=CCN(C(=O)C(CS)NC(=O)OC(C)(C)C)C(C(=O)NCc1ccccc1)c1cccc(C)c1C. The van der Waals surface area contributed by atoms with Crippen molar-refractivity contribution in [2.24, 2.45) is 0 Å². The van der Waals surface area contributed by atoms with Gasteiger partial charge in [0, 0.05) is 18.8 Å². The van der Waals surface area contributed by atoms with Crippen LogP contribution in [0.25, 0.3) is 0 Å². The highest BCUT2D eigenvalue weighted by Crippen LogP contribution is 2.27. The molecule has 2 unspecified atom stereocenters. The number of alkyl carbamates (subject to hydrolysis) is 1. The molecule has 0 spiro atoms. The van der Waals surface area contributed by atoms with Crippen molar-refractivity contribution in [2.45, 2.75) is 58.8 Å². The van der Waals surface area contributed by atoms with E-state index in [1.54, 1.807) is 26.8 Å². The number of aryl methyl sites for hydroxylation is 1. The zero-order valence-corrected chi connectivity index (χ0v) is 22.6. The largest absolute Gasteiger partial charge is 0.444 e. The molecule has 0 radical (unpaired) electrons. The molecule has 36 heavy (non-hydrogen) atoms. The second-order valence-corrected chi connectivity index (χ2v) is 9.92. The Balaban J connectivity index is 2.43. The van der Waals surface area contributed by atoms with Crippen molar-refractivity contribution in [3.05, 3.63) is 83.4 Å². The molecule has 0 saturated heterocycles. The molecule has 194 valence electrons. The van der Waals surface area contributed by atoms with Crippen molar-refractivity contribution < 1.29 is 19.1 Å². The second kappa shape index (κ2) is 13.2. The van der Waals surface area contributed by atoms with E-state index in [4.69, 9.17) is 4.74 Å². The normalized spacial score (nSPS) is 12.7. The average Bonchev–Trinajstić information content (AvgIpc) is 2.82. The first-order valence-electron chi connectivity index (χ1n) is 11.9. The van der Waals surface area contributed by atoms with Crippen LogP contribution in [0.5, 0.6) is 0 Å². The summed E-state index contributed by atoms with van der Waals surface area (Å²) >= 11 is 4.29. The third-order valence-corrected chi connectivity index (χ3v) is 5.96. The summed E-state index contributed by atoms with van der Waals surface area (Å²) < 4.78 is 5.32. The van der Waals surface area contributed by atoms with Crippen LogP contribution in [0, 0.1) is 13.8 Å². The number of nitrogens with zero attached hydrogens (tertiary/aromatic N) is 1. The number of hydrogen-bond acceptors (Lipinski definition) is 5. The standard InChI is InChI=1S/C28H37N3O4S/c1-7-16-31(26(33)23(18-36)30-27(34)35-28(4,5)6)24(22-15-11-12-19(2)20(22)3)25(32)29-17-21-13-9-8-10-14-21/h7-15,23-24,36H,1,16-18H2,2-6H3,(H,29,32)(H,30,34). The fraction of sp³-hybridized carbons (Fsp3) is 0.393. The number of rotatable bonds is 10. The molecule has 8 heteroatoms. The molecule has 2 aromatic carbocycles. The van der Waals surface area contributed by atoms with Gasteiger partial charge in [-0.25, -0.2) is 4.79 Å². The lowest BCUT2D eigenvalue weighted by Gasteiger charge is -2.34. The first-order chi connectivity index (χ1) is 17.0. The minimum Gasteiger partial charge on any atom is -0.444 e. The van der Waals surface area contributed by atoms with Gasteiger partial charge in [-0.3, -0.25) is 9.59 Å². The number of thiol groups is 1. The lowest BCUT2D eigenvalue weighted by molar-refractivity contribution is -0.141. The van der Waals surface area contributed by atoms with Crippen LogP contribution in [0.15, 0.2) is 61.2 Å². The minimum atomic E-state index is -1.00. The van der Waals surface area contributed by atoms with Crippen LogP contribution in [0.2, 0.25) is 0 Å². The van der Waals surface area contributed by atoms with E-state index in [0.717, 1.165) is 16.7 Å². The Kier molecular flexibility index (Phi) is 10.6. The third kappa shape index (κ3) is 8.16. The van der Waals surface area contributed by atoms with E-state index in [2.05, 4.69) is 29.8 Å². The molecule has 7 nitrogen and oxygen atoms in total. The van der Waals surface area contributed by atoms with Crippen LogP contribution in [0.3, 0.4) is 0 Å². The average molecular weight is 512 g/mol. The van der Waals surface area contributed by atoms with Crippen LogP contribution in [-0.4, -0.2) is 46.7 Å². The predicted molar refractivity (Wildman–Crippen MR) is 146 cm³/mol. The smallest absolute Gasteiger partial charge is 0.408 e. The van der Waals surface area contributed by atoms with E-state index in [0.29, 0.717) is 12.1 Å². The molecular weight excluding hydrogens is 474 g/mol. The molecule has 0 aliphatic rings. The maximum Gasteiger partial charge on any atom is 0.408 e. The highest BCUT2D eigenvalue weighted by Gasteiger charge is 2.36. The Morgan fingerprint density at radius 1 is 1.08 bits per heavy atom. The molecular formula is C28H37N3O4S. The highest BCUT2D eigenvalue weighted by atomic mass is 32.1. The van der Waals surface area contributed by atoms with Gasteiger partial charge in [-0.15, -0.1) is 6.58 Å². The van der Waals surface area contributed by atoms with E-state index in [9.17, 15) is 14.4 Å². The van der Waals surface area contributed by atoms with Crippen molar-refractivity contribution in [1.29, 1.82) is 0 Å². The van der Waals surface area contributed by atoms with E-state index in [1.165, 1.54) is 4.90 Å². The Labute approximate surface area is 219 Å². The Morgan fingerprint density at radius 3 is 2.33 bits per heavy atom. The molecule has 2 N–H and O–H groups in total. The van der Waals surface area contributed by atoms with Gasteiger partial charge in [-0.1, -0.05) is 54.6 Å². The van der Waals surface area contributed by atoms with Gasteiger partial charge >= 0.3 is 6.09 Å². The number of carbonyl (C=O) groups excluding carboxylic acids is 3. The van der Waals surface area contributed by atoms with Gasteiger partial charge in [-0.2, -0.15) is 12.6 Å². The second-order valence-electron chi connectivity index (χ2n) is 9.56. The van der Waals surface area contributed by atoms with Gasteiger partial charge in [0.1, 0.15) is 17.7 Å². The Morgan fingerprint density at radius 2 is 1.75 bits per heavy atom. The quantitative estimate of drug-likeness (QED) is 0.324. The number of nitrogens with one attached hydrogen (secondary N) is 2. The monoisotopic (exact) mass is 511 g/mol. The van der Waals surface area contributed by atoms with Crippen LogP contribution < -0.4 is 10.6 Å². The van der Waals surface area contributed by atoms with Gasteiger partial charge in [0.25, 0.3) is 0 Å². The lowest BCUT2D eigenvalue weighted by atomic mass is 9.95. The van der Waals surface area contributed by atoms with E-state index < -0.39 is 29.7 Å². The first kappa shape index (κ1) is 29.0. The fourth-order valence-corrected chi connectivity index (χ4v) is 3.95. The maximum absolute atomic E-state index is 13.7. The van der Waals surface area contributed by atoms with Gasteiger partial charge in [0.15, 0.2) is 0 Å². The highest BCUT2D eigenvalue weighted by molar-refractivity contribution is 7.80. The number of hydrogen-bond donors (Lipinski definition) is 3. The molecule has 0 fully saturated rings. The lowest BCUT2D eigenvalue weighted by Crippen LogP contribution is -2.54. The summed E-state index contributed by atoms with van der Waals surface area (Å²) in [5, 5.41) is 5.56. The molecule has 2 atom stereocenters. The number of carbonyl (C=O) groups is 3. The summed E-state index contributed by atoms with van der Waals surface area (Å²) in [7, 11) is 0. The molecule has 0 aliphatic heterocycles. The first-order valence-corrected chi connectivity index (χ1v) is 12.5. The summed E-state index contributed by atoms with van der Waals surface area (Å²) in [5.74, 6) is -0.772. The van der Waals surface area contributed by atoms with E-state index in [-0.39, 0.29) is 18.2 Å². The molecule has 0 heterocycles. The van der Waals surface area contributed by atoms with Gasteiger partial charge in [-0.05, 0) is 56.9 Å². The summed E-state index contributed by atoms with van der Waals surface area (Å²) in [6.45, 7) is 13.3. The molecule has 3 amide bonds. The zero-order valence-electron chi connectivity index (χ0n) is 21.7. The summed E-state index contributed by atoms with van der Waals surface area (Å²) in [5.41, 5.74) is 2.81. The van der Waals surface area contributed by atoms with Crippen LogP contribution in [0.1, 0.15) is 49.1 Å². The molecule has 0 aliphatic carbocycles. The fourth-order valence-electron chi connectivity index (χ4n) is 3.70. The topological polar surface area (TPSA) is 87.7 Å². The number of ether oxygens (including phenoxy) is 1. The van der Waals surface area contributed by atoms with Crippen molar-refractivity contribution in [1.82, 2.24) is 15.5 Å². The molecule has 0 saturated carbocycles. The summed E-state index contributed by atoms with van der Waals surface area (Å²) in [6.07, 6.45) is 0.828. The zero-order chi connectivity index (χ0) is 26.9. The number of amides is 3. The third-order valence-electron chi connectivity index (χ3n) is 5.59. The summed E-state index contributed by atoms with van der Waals surface area (Å²) in [4.78, 5) is 41.2. The van der Waals surface area contributed by atoms with Crippen molar-refractivity contribution in [3.63, 3.8) is 0 Å². The van der Waals surface area contributed by atoms with Crippen LogP contribution >= 0.6 is 12.6 Å². The minimum absolute atomic E-state index is 0.0247. The predicted octanol–water partition coefficient (Wildman–Crippen LogP) is 4.50. The van der Waals surface area contributed by atoms with E-state index >= 15 is 0 Å². The molecule has 2 rings (SSSR count). The number of benzene rings is 2. The van der Waals surface area contributed by atoms with Gasteiger partial charge in [0.2, 0.25) is 11.8 Å². The molecule has 0 bridgehead atoms. The molecule has 2 aromatic rings. The maximum atomic E-state index is 13.7. The van der Waals surface area contributed by atoms with Gasteiger partial charge in [0.05, 0.1) is 0 Å². The van der Waals surface area contributed by atoms with Gasteiger partial charge < -0.3 is 20.3 Å². The Hall–Kier alpha value is -3.26. The summed E-state index contributed by atoms with van der Waals surface area (Å²) in [6, 6.07) is 13.3. The van der Waals surface area contributed by atoms with Crippen LogP contribution in [0.4, 0.5) is 4.79 Å². The molecule has 0 aromatic heterocycles. The van der Waals surface area contributed by atoms with Crippen molar-refractivity contribution in [3.8, 4) is 0 Å². The van der Waals surface area contributed by atoms with Crippen molar-refractivity contribution in [2.75, 3.05) is 12.3 Å². The van der Waals surface area contributed by atoms with Crippen LogP contribution in [-0.2, 0) is 20.9 Å². The van der Waals surface area contributed by atoms with E-state index in [1.807, 2.05) is 62.4 Å². The van der Waals surface area contributed by atoms with Crippen molar-refractivity contribution >= 4 is 30.5 Å². The Bertz CT molecular complexity index is 1070.